The number of hydrogen-bond donors (Lipinski definition) is 1. The molecule has 0 aromatic heterocycles. The van der Waals surface area contributed by atoms with Gasteiger partial charge in [0, 0.05) is 30.6 Å². The lowest BCUT2D eigenvalue weighted by atomic mass is 9.93. The van der Waals surface area contributed by atoms with Crippen LogP contribution in [-0.2, 0) is 6.54 Å². The molecule has 2 aromatic rings. The Kier molecular flexibility index (Phi) is 7.72. The fourth-order valence-corrected chi connectivity index (χ4v) is 3.84. The van der Waals surface area contributed by atoms with Gasteiger partial charge in [0.2, 0.25) is 0 Å². The summed E-state index contributed by atoms with van der Waals surface area (Å²) >= 11 is 0. The number of unbranched alkanes of at least 4 members (excludes halogenated alkanes) is 4. The van der Waals surface area contributed by atoms with Gasteiger partial charge in [0.25, 0.3) is 0 Å². The van der Waals surface area contributed by atoms with Crippen LogP contribution in [0.1, 0.15) is 69.0 Å². The molecule has 2 aromatic carbocycles. The van der Waals surface area contributed by atoms with E-state index in [2.05, 4.69) is 18.3 Å². The summed E-state index contributed by atoms with van der Waals surface area (Å²) in [5.74, 6) is 1.54. The number of methoxy groups -OCH3 is 1. The van der Waals surface area contributed by atoms with Crippen molar-refractivity contribution in [1.29, 1.82) is 0 Å². The van der Waals surface area contributed by atoms with Gasteiger partial charge in [0.05, 0.1) is 7.11 Å². The minimum absolute atomic E-state index is 0.199. The molecular weight excluding hydrogens is 353 g/mol. The SMILES string of the molecule is CCCCCCCC1CC(NCc2ccc(F)cc2)c2ccc(OC)cc2O1. The molecule has 1 N–H and O–H groups in total. The molecule has 0 saturated heterocycles. The molecule has 0 radical (unpaired) electrons. The molecule has 0 bridgehead atoms. The Balaban J connectivity index is 1.65. The summed E-state index contributed by atoms with van der Waals surface area (Å²) in [4.78, 5) is 0. The Morgan fingerprint density at radius 3 is 2.61 bits per heavy atom. The zero-order valence-electron chi connectivity index (χ0n) is 17.0. The van der Waals surface area contributed by atoms with Gasteiger partial charge < -0.3 is 14.8 Å². The van der Waals surface area contributed by atoms with E-state index < -0.39 is 0 Å². The second-order valence-electron chi connectivity index (χ2n) is 7.64. The summed E-state index contributed by atoms with van der Waals surface area (Å²) in [7, 11) is 1.68. The minimum Gasteiger partial charge on any atom is -0.497 e. The number of ether oxygens (including phenoxy) is 2. The molecule has 0 fully saturated rings. The van der Waals surface area contributed by atoms with Crippen LogP contribution < -0.4 is 14.8 Å². The van der Waals surface area contributed by atoms with Gasteiger partial charge in [-0.1, -0.05) is 50.8 Å². The van der Waals surface area contributed by atoms with Crippen LogP contribution in [0.3, 0.4) is 0 Å². The summed E-state index contributed by atoms with van der Waals surface area (Å²) in [5.41, 5.74) is 2.25. The molecule has 0 saturated carbocycles. The molecule has 2 atom stereocenters. The van der Waals surface area contributed by atoms with Crippen LogP contribution >= 0.6 is 0 Å². The number of nitrogens with one attached hydrogen (secondary N) is 1. The predicted octanol–water partition coefficient (Wildman–Crippen LogP) is 6.18. The van der Waals surface area contributed by atoms with E-state index in [-0.39, 0.29) is 18.0 Å². The average molecular weight is 386 g/mol. The summed E-state index contributed by atoms with van der Waals surface area (Å²) < 4.78 is 24.8. The first-order valence-corrected chi connectivity index (χ1v) is 10.5. The molecule has 3 nitrogen and oxygen atoms in total. The van der Waals surface area contributed by atoms with Gasteiger partial charge in [0.1, 0.15) is 23.4 Å². The zero-order chi connectivity index (χ0) is 19.8. The first kappa shape index (κ1) is 20.7. The van der Waals surface area contributed by atoms with Crippen LogP contribution in [0, 0.1) is 5.82 Å². The van der Waals surface area contributed by atoms with E-state index in [1.165, 1.54) is 49.8 Å². The van der Waals surface area contributed by atoms with Crippen LogP contribution in [0.4, 0.5) is 4.39 Å². The molecule has 0 amide bonds. The van der Waals surface area contributed by atoms with Crippen LogP contribution in [0.15, 0.2) is 42.5 Å². The third-order valence-electron chi connectivity index (χ3n) is 5.48. The van der Waals surface area contributed by atoms with Crippen molar-refractivity contribution in [1.82, 2.24) is 5.32 Å². The standard InChI is InChI=1S/C24H32FNO2/c1-3-4-5-6-7-8-21-15-23(26-17-18-9-11-19(25)12-10-18)22-14-13-20(27-2)16-24(22)28-21/h9-14,16,21,23,26H,3-8,15,17H2,1-2H3. The second-order valence-corrected chi connectivity index (χ2v) is 7.64. The molecule has 1 aliphatic rings. The van der Waals surface area contributed by atoms with E-state index >= 15 is 0 Å². The number of rotatable bonds is 10. The van der Waals surface area contributed by atoms with Crippen molar-refractivity contribution in [2.75, 3.05) is 7.11 Å². The molecule has 28 heavy (non-hydrogen) atoms. The summed E-state index contributed by atoms with van der Waals surface area (Å²) in [5, 5.41) is 3.65. The first-order chi connectivity index (χ1) is 13.7. The van der Waals surface area contributed by atoms with Crippen LogP contribution in [0.5, 0.6) is 11.5 Å². The minimum atomic E-state index is -0.199. The highest BCUT2D eigenvalue weighted by atomic mass is 19.1. The molecule has 0 aliphatic carbocycles. The van der Waals surface area contributed by atoms with Gasteiger partial charge in [-0.3, -0.25) is 0 Å². The monoisotopic (exact) mass is 385 g/mol. The van der Waals surface area contributed by atoms with Gasteiger partial charge in [0.15, 0.2) is 0 Å². The molecule has 1 aliphatic heterocycles. The molecule has 2 unspecified atom stereocenters. The van der Waals surface area contributed by atoms with E-state index in [1.807, 2.05) is 24.3 Å². The Labute approximate surface area is 168 Å². The molecular formula is C24H32FNO2. The van der Waals surface area contributed by atoms with E-state index in [0.717, 1.165) is 29.9 Å². The zero-order valence-corrected chi connectivity index (χ0v) is 17.0. The predicted molar refractivity (Wildman–Crippen MR) is 111 cm³/mol. The molecule has 0 spiro atoms. The maximum atomic E-state index is 13.1. The van der Waals surface area contributed by atoms with E-state index in [1.54, 1.807) is 7.11 Å². The highest BCUT2D eigenvalue weighted by molar-refractivity contribution is 5.44. The number of hydrogen-bond acceptors (Lipinski definition) is 3. The Hall–Kier alpha value is -2.07. The Bertz CT molecular complexity index is 732. The second kappa shape index (κ2) is 10.5. The van der Waals surface area contributed by atoms with Crippen molar-refractivity contribution in [3.05, 3.63) is 59.4 Å². The largest absolute Gasteiger partial charge is 0.497 e. The van der Waals surface area contributed by atoms with Gasteiger partial charge >= 0.3 is 0 Å². The van der Waals surface area contributed by atoms with Gasteiger partial charge in [-0.05, 0) is 36.6 Å². The lowest BCUT2D eigenvalue weighted by Crippen LogP contribution is -2.32. The van der Waals surface area contributed by atoms with Gasteiger partial charge in [-0.2, -0.15) is 0 Å². The van der Waals surface area contributed by atoms with Gasteiger partial charge in [-0.25, -0.2) is 4.39 Å². The summed E-state index contributed by atoms with van der Waals surface area (Å²) in [6.45, 7) is 2.95. The van der Waals surface area contributed by atoms with Crippen molar-refractivity contribution < 1.29 is 13.9 Å². The van der Waals surface area contributed by atoms with E-state index in [4.69, 9.17) is 9.47 Å². The van der Waals surface area contributed by atoms with Crippen molar-refractivity contribution in [2.24, 2.45) is 0 Å². The maximum Gasteiger partial charge on any atom is 0.128 e. The Morgan fingerprint density at radius 2 is 1.86 bits per heavy atom. The van der Waals surface area contributed by atoms with Crippen molar-refractivity contribution in [2.45, 2.75) is 70.6 Å². The average Bonchev–Trinajstić information content (AvgIpc) is 2.72. The van der Waals surface area contributed by atoms with E-state index in [0.29, 0.717) is 6.54 Å². The smallest absolute Gasteiger partial charge is 0.128 e. The van der Waals surface area contributed by atoms with Crippen LogP contribution in [-0.4, -0.2) is 13.2 Å². The lowest BCUT2D eigenvalue weighted by molar-refractivity contribution is 0.137. The van der Waals surface area contributed by atoms with Crippen LogP contribution in [0.25, 0.3) is 0 Å². The third kappa shape index (κ3) is 5.71. The fourth-order valence-electron chi connectivity index (χ4n) is 3.84. The topological polar surface area (TPSA) is 30.5 Å². The van der Waals surface area contributed by atoms with E-state index in [9.17, 15) is 4.39 Å². The molecule has 3 rings (SSSR count). The van der Waals surface area contributed by atoms with Crippen LogP contribution in [0.2, 0.25) is 0 Å². The third-order valence-corrected chi connectivity index (χ3v) is 5.48. The Morgan fingerprint density at radius 1 is 1.07 bits per heavy atom. The van der Waals surface area contributed by atoms with Gasteiger partial charge in [-0.15, -0.1) is 0 Å². The molecule has 4 heteroatoms. The van der Waals surface area contributed by atoms with Crippen molar-refractivity contribution in [3.8, 4) is 11.5 Å². The fraction of sp³-hybridized carbons (Fsp3) is 0.500. The number of halogens is 1. The van der Waals surface area contributed by atoms with Crippen molar-refractivity contribution >= 4 is 0 Å². The normalized spacial score (nSPS) is 18.4. The number of fused-ring (bicyclic) bond motifs is 1. The lowest BCUT2D eigenvalue weighted by Gasteiger charge is -2.33. The first-order valence-electron chi connectivity index (χ1n) is 10.5. The molecule has 1 heterocycles. The highest BCUT2D eigenvalue weighted by Crippen LogP contribution is 2.38. The maximum absolute atomic E-state index is 13.1. The molecule has 152 valence electrons. The quantitative estimate of drug-likeness (QED) is 0.496. The number of benzene rings is 2. The summed E-state index contributed by atoms with van der Waals surface area (Å²) in [6, 6.07) is 13.0. The highest BCUT2D eigenvalue weighted by Gasteiger charge is 2.28. The van der Waals surface area contributed by atoms with Crippen molar-refractivity contribution in [3.63, 3.8) is 0 Å². The summed E-state index contributed by atoms with van der Waals surface area (Å²) in [6.07, 6.45) is 8.60.